The molecule has 1 N–H and O–H groups in total. The molecule has 6 heteroatoms. The van der Waals surface area contributed by atoms with Gasteiger partial charge in [0.25, 0.3) is 0 Å². The maximum atomic E-state index is 10.5. The van der Waals surface area contributed by atoms with Crippen LogP contribution in [0.2, 0.25) is 0 Å². The highest BCUT2D eigenvalue weighted by molar-refractivity contribution is 5.33. The van der Waals surface area contributed by atoms with Gasteiger partial charge < -0.3 is 19.6 Å². The highest BCUT2D eigenvalue weighted by Gasteiger charge is 2.33. The van der Waals surface area contributed by atoms with E-state index in [1.54, 1.807) is 12.3 Å². The van der Waals surface area contributed by atoms with Crippen molar-refractivity contribution in [1.29, 1.82) is 0 Å². The molecule has 1 aliphatic heterocycles. The Hall–Kier alpha value is -1.40. The second-order valence-corrected chi connectivity index (χ2v) is 5.58. The van der Waals surface area contributed by atoms with Crippen LogP contribution in [0.25, 0.3) is 0 Å². The number of nitrogens with zero attached hydrogens (tertiary/aromatic N) is 4. The fourth-order valence-corrected chi connectivity index (χ4v) is 2.58. The van der Waals surface area contributed by atoms with E-state index in [2.05, 4.69) is 14.9 Å². The predicted molar refractivity (Wildman–Crippen MR) is 78.2 cm³/mol. The SMILES string of the molecule is CCOc1ccnc(N2CCC(O)(CN(C)C)CC2)n1. The monoisotopic (exact) mass is 280 g/mol. The number of rotatable bonds is 5. The standard InChI is InChI=1S/C14H24N4O2/c1-4-20-12-5-8-15-13(16-12)18-9-6-14(19,7-10-18)11-17(2)3/h5,8,19H,4,6-7,9-11H2,1-3H3. The number of likely N-dealkylation sites (N-methyl/N-ethyl adjacent to an activating group) is 1. The number of hydrogen-bond acceptors (Lipinski definition) is 6. The molecule has 1 fully saturated rings. The summed E-state index contributed by atoms with van der Waals surface area (Å²) in [4.78, 5) is 12.8. The van der Waals surface area contributed by atoms with Gasteiger partial charge in [0, 0.05) is 31.9 Å². The van der Waals surface area contributed by atoms with Crippen molar-refractivity contribution in [2.45, 2.75) is 25.4 Å². The lowest BCUT2D eigenvalue weighted by Crippen LogP contribution is -2.50. The summed E-state index contributed by atoms with van der Waals surface area (Å²) in [5.74, 6) is 1.29. The molecule has 0 bridgehead atoms. The van der Waals surface area contributed by atoms with Gasteiger partial charge in [-0.05, 0) is 33.9 Å². The molecule has 0 unspecified atom stereocenters. The molecule has 1 saturated heterocycles. The molecule has 0 saturated carbocycles. The second-order valence-electron chi connectivity index (χ2n) is 5.58. The Kier molecular flexibility index (Phi) is 4.77. The minimum Gasteiger partial charge on any atom is -0.478 e. The van der Waals surface area contributed by atoms with Gasteiger partial charge in [-0.1, -0.05) is 0 Å². The van der Waals surface area contributed by atoms with Crippen LogP contribution in [0.3, 0.4) is 0 Å². The fraction of sp³-hybridized carbons (Fsp3) is 0.714. The summed E-state index contributed by atoms with van der Waals surface area (Å²) in [6, 6.07) is 1.76. The highest BCUT2D eigenvalue weighted by atomic mass is 16.5. The Morgan fingerprint density at radius 2 is 2.10 bits per heavy atom. The fourth-order valence-electron chi connectivity index (χ4n) is 2.58. The summed E-state index contributed by atoms with van der Waals surface area (Å²) in [5.41, 5.74) is -0.600. The Morgan fingerprint density at radius 1 is 1.40 bits per heavy atom. The zero-order valence-corrected chi connectivity index (χ0v) is 12.5. The largest absolute Gasteiger partial charge is 0.478 e. The first-order valence-corrected chi connectivity index (χ1v) is 7.10. The van der Waals surface area contributed by atoms with Crippen molar-refractivity contribution >= 4 is 5.95 Å². The molecule has 2 rings (SSSR count). The van der Waals surface area contributed by atoms with Gasteiger partial charge in [-0.2, -0.15) is 4.98 Å². The maximum absolute atomic E-state index is 10.5. The van der Waals surface area contributed by atoms with E-state index in [1.807, 2.05) is 25.9 Å². The van der Waals surface area contributed by atoms with E-state index in [-0.39, 0.29) is 0 Å². The second kappa shape index (κ2) is 6.37. The topological polar surface area (TPSA) is 61.7 Å². The van der Waals surface area contributed by atoms with E-state index in [9.17, 15) is 5.11 Å². The number of ether oxygens (including phenoxy) is 1. The van der Waals surface area contributed by atoms with Crippen LogP contribution < -0.4 is 9.64 Å². The van der Waals surface area contributed by atoms with E-state index >= 15 is 0 Å². The van der Waals surface area contributed by atoms with Crippen molar-refractivity contribution in [1.82, 2.24) is 14.9 Å². The van der Waals surface area contributed by atoms with Crippen LogP contribution in [0.15, 0.2) is 12.3 Å². The quantitative estimate of drug-likeness (QED) is 0.859. The first kappa shape index (κ1) is 15.0. The molecular formula is C14H24N4O2. The molecular weight excluding hydrogens is 256 g/mol. The van der Waals surface area contributed by atoms with Gasteiger partial charge in [-0.3, -0.25) is 0 Å². The van der Waals surface area contributed by atoms with Gasteiger partial charge in [0.15, 0.2) is 0 Å². The summed E-state index contributed by atoms with van der Waals surface area (Å²) in [6.45, 7) is 4.75. The van der Waals surface area contributed by atoms with E-state index < -0.39 is 5.60 Å². The van der Waals surface area contributed by atoms with Gasteiger partial charge in [0.1, 0.15) is 0 Å². The predicted octanol–water partition coefficient (Wildman–Crippen LogP) is 0.768. The average molecular weight is 280 g/mol. The van der Waals surface area contributed by atoms with Gasteiger partial charge >= 0.3 is 0 Å². The van der Waals surface area contributed by atoms with Gasteiger partial charge in [0.2, 0.25) is 11.8 Å². The first-order valence-electron chi connectivity index (χ1n) is 7.10. The summed E-state index contributed by atoms with van der Waals surface area (Å²) in [7, 11) is 3.97. The van der Waals surface area contributed by atoms with Gasteiger partial charge in [-0.25, -0.2) is 4.98 Å². The first-order chi connectivity index (χ1) is 9.52. The van der Waals surface area contributed by atoms with Crippen LogP contribution in [0.5, 0.6) is 5.88 Å². The third-order valence-electron chi connectivity index (χ3n) is 3.50. The Balaban J connectivity index is 1.98. The molecule has 0 amide bonds. The van der Waals surface area contributed by atoms with Crippen molar-refractivity contribution in [2.24, 2.45) is 0 Å². The lowest BCUT2D eigenvalue weighted by Gasteiger charge is -2.39. The molecule has 0 atom stereocenters. The van der Waals surface area contributed by atoms with Crippen molar-refractivity contribution < 1.29 is 9.84 Å². The Bertz CT molecular complexity index is 431. The van der Waals surface area contributed by atoms with Crippen LogP contribution in [0.1, 0.15) is 19.8 Å². The zero-order chi connectivity index (χ0) is 14.6. The zero-order valence-electron chi connectivity index (χ0n) is 12.5. The highest BCUT2D eigenvalue weighted by Crippen LogP contribution is 2.25. The normalized spacial score (nSPS) is 18.4. The van der Waals surface area contributed by atoms with E-state index in [4.69, 9.17) is 4.74 Å². The van der Waals surface area contributed by atoms with Gasteiger partial charge in [-0.15, -0.1) is 0 Å². The summed E-state index contributed by atoms with van der Waals surface area (Å²) < 4.78 is 5.40. The van der Waals surface area contributed by atoms with Crippen LogP contribution in [0.4, 0.5) is 5.95 Å². The summed E-state index contributed by atoms with van der Waals surface area (Å²) in [5, 5.41) is 10.5. The number of hydrogen-bond donors (Lipinski definition) is 1. The smallest absolute Gasteiger partial charge is 0.228 e. The van der Waals surface area contributed by atoms with Crippen molar-refractivity contribution in [3.63, 3.8) is 0 Å². The van der Waals surface area contributed by atoms with E-state index in [0.717, 1.165) is 25.9 Å². The van der Waals surface area contributed by atoms with Crippen molar-refractivity contribution in [3.8, 4) is 5.88 Å². The molecule has 0 aromatic carbocycles. The molecule has 0 radical (unpaired) electrons. The van der Waals surface area contributed by atoms with Crippen LogP contribution in [-0.4, -0.2) is 65.9 Å². The molecule has 20 heavy (non-hydrogen) atoms. The number of piperidine rings is 1. The molecule has 1 aromatic heterocycles. The van der Waals surface area contributed by atoms with Crippen LogP contribution in [-0.2, 0) is 0 Å². The lowest BCUT2D eigenvalue weighted by atomic mass is 9.91. The summed E-state index contributed by atoms with van der Waals surface area (Å²) >= 11 is 0. The average Bonchev–Trinajstić information content (AvgIpc) is 2.39. The number of anilines is 1. The van der Waals surface area contributed by atoms with Crippen LogP contribution in [0, 0.1) is 0 Å². The molecule has 112 valence electrons. The van der Waals surface area contributed by atoms with Crippen molar-refractivity contribution in [2.75, 3.05) is 45.2 Å². The van der Waals surface area contributed by atoms with Crippen molar-refractivity contribution in [3.05, 3.63) is 12.3 Å². The summed E-state index contributed by atoms with van der Waals surface area (Å²) in [6.07, 6.45) is 3.18. The van der Waals surface area contributed by atoms with E-state index in [1.165, 1.54) is 0 Å². The van der Waals surface area contributed by atoms with Crippen LogP contribution >= 0.6 is 0 Å². The number of aromatic nitrogens is 2. The maximum Gasteiger partial charge on any atom is 0.228 e. The minimum absolute atomic E-state index is 0.596. The minimum atomic E-state index is -0.600. The molecule has 0 spiro atoms. The van der Waals surface area contributed by atoms with Gasteiger partial charge in [0.05, 0.1) is 12.2 Å². The molecule has 2 heterocycles. The Labute approximate surface area is 120 Å². The molecule has 0 aliphatic carbocycles. The third kappa shape index (κ3) is 3.80. The molecule has 6 nitrogen and oxygen atoms in total. The lowest BCUT2D eigenvalue weighted by molar-refractivity contribution is -0.00558. The third-order valence-corrected chi connectivity index (χ3v) is 3.50. The molecule has 1 aliphatic rings. The Morgan fingerprint density at radius 3 is 2.70 bits per heavy atom. The molecule has 1 aromatic rings. The van der Waals surface area contributed by atoms with E-state index in [0.29, 0.717) is 25.0 Å². The number of aliphatic hydroxyl groups is 1.